The molecule has 6 atom stereocenters. The smallest absolute Gasteiger partial charge is 0.251 e. The highest BCUT2D eigenvalue weighted by Crippen LogP contribution is 2.32. The van der Waals surface area contributed by atoms with Crippen LogP contribution in [0.4, 0.5) is 0 Å². The van der Waals surface area contributed by atoms with Crippen LogP contribution in [-0.4, -0.2) is 83.0 Å². The molecule has 0 bridgehead atoms. The molecule has 30 heavy (non-hydrogen) atoms. The molecule has 2 rings (SSSR count). The zero-order valence-electron chi connectivity index (χ0n) is 16.5. The Kier molecular flexibility index (Phi) is 7.87. The first-order valence-corrected chi connectivity index (χ1v) is 9.20. The predicted octanol–water partition coefficient (Wildman–Crippen LogP) is -3.11. The second-order valence-corrected chi connectivity index (χ2v) is 6.96. The van der Waals surface area contributed by atoms with Gasteiger partial charge in [-0.25, -0.2) is 0 Å². The van der Waals surface area contributed by atoms with Crippen molar-refractivity contribution in [1.29, 1.82) is 0 Å². The second kappa shape index (κ2) is 9.96. The Morgan fingerprint density at radius 1 is 1.30 bits per heavy atom. The summed E-state index contributed by atoms with van der Waals surface area (Å²) in [5.74, 6) is -5.28. The van der Waals surface area contributed by atoms with Gasteiger partial charge in [-0.05, 0) is 12.1 Å². The van der Waals surface area contributed by atoms with E-state index in [0.29, 0.717) is 5.56 Å². The molecule has 1 heterocycles. The van der Waals surface area contributed by atoms with E-state index in [4.69, 9.17) is 9.47 Å². The zero-order chi connectivity index (χ0) is 22.5. The number of amides is 2. The quantitative estimate of drug-likeness (QED) is 0.288. The van der Waals surface area contributed by atoms with Gasteiger partial charge in [0.2, 0.25) is 11.7 Å². The predicted molar refractivity (Wildman–Crippen MR) is 98.6 cm³/mol. The SMILES string of the molecule is CO[C@@]1(C(=O)[O-])C[C@H](O)[C@@H](NC(C)=O)[C@H]([C@H](O)[C@@H](O)CNC(=O)c2ccccc2)O1. The Hall–Kier alpha value is -2.57. The molecule has 1 aliphatic heterocycles. The highest BCUT2D eigenvalue weighted by molar-refractivity contribution is 5.94. The Bertz CT molecular complexity index is 760. The Labute approximate surface area is 172 Å². The number of carbonyl (C=O) groups is 3. The third kappa shape index (κ3) is 5.32. The fourth-order valence-electron chi connectivity index (χ4n) is 3.23. The van der Waals surface area contributed by atoms with Gasteiger partial charge in [0, 0.05) is 32.6 Å². The number of ether oxygens (including phenoxy) is 2. The van der Waals surface area contributed by atoms with Gasteiger partial charge in [0.15, 0.2) is 0 Å². The summed E-state index contributed by atoms with van der Waals surface area (Å²) in [6, 6.07) is 6.89. The van der Waals surface area contributed by atoms with Crippen molar-refractivity contribution in [1.82, 2.24) is 10.6 Å². The van der Waals surface area contributed by atoms with E-state index in [1.54, 1.807) is 30.3 Å². The van der Waals surface area contributed by atoms with Gasteiger partial charge >= 0.3 is 0 Å². The maximum atomic E-state index is 12.1. The van der Waals surface area contributed by atoms with E-state index < -0.39 is 67.0 Å². The van der Waals surface area contributed by atoms with Crippen LogP contribution in [-0.2, 0) is 19.1 Å². The average molecular weight is 425 g/mol. The van der Waals surface area contributed by atoms with E-state index in [1.807, 2.05) is 0 Å². The van der Waals surface area contributed by atoms with Crippen molar-refractivity contribution in [3.63, 3.8) is 0 Å². The lowest BCUT2D eigenvalue weighted by molar-refractivity contribution is -0.377. The van der Waals surface area contributed by atoms with Crippen molar-refractivity contribution in [2.24, 2.45) is 0 Å². The summed E-state index contributed by atoms with van der Waals surface area (Å²) in [5, 5.41) is 47.6. The zero-order valence-corrected chi connectivity index (χ0v) is 16.5. The second-order valence-electron chi connectivity index (χ2n) is 6.96. The highest BCUT2D eigenvalue weighted by atomic mass is 16.7. The Balaban J connectivity index is 2.16. The average Bonchev–Trinajstić information content (AvgIpc) is 2.72. The van der Waals surface area contributed by atoms with Crippen LogP contribution in [0.15, 0.2) is 30.3 Å². The number of aliphatic carboxylic acids is 1. The number of hydrogen-bond acceptors (Lipinski definition) is 9. The Morgan fingerprint density at radius 3 is 2.47 bits per heavy atom. The fraction of sp³-hybridized carbons (Fsp3) is 0.526. The first-order valence-electron chi connectivity index (χ1n) is 9.20. The van der Waals surface area contributed by atoms with Crippen LogP contribution in [0.2, 0.25) is 0 Å². The number of carbonyl (C=O) groups excluding carboxylic acids is 3. The summed E-state index contributed by atoms with van der Waals surface area (Å²) in [4.78, 5) is 35.1. The maximum Gasteiger partial charge on any atom is 0.251 e. The minimum Gasteiger partial charge on any atom is -0.544 e. The first-order chi connectivity index (χ1) is 14.1. The Morgan fingerprint density at radius 2 is 1.93 bits per heavy atom. The molecular formula is C19H25N2O9-. The van der Waals surface area contributed by atoms with E-state index >= 15 is 0 Å². The monoisotopic (exact) mass is 425 g/mol. The number of aliphatic hydroxyl groups is 3. The van der Waals surface area contributed by atoms with Crippen LogP contribution >= 0.6 is 0 Å². The number of methoxy groups -OCH3 is 1. The first kappa shape index (κ1) is 23.7. The minimum absolute atomic E-state index is 0.329. The molecule has 0 aliphatic carbocycles. The van der Waals surface area contributed by atoms with Gasteiger partial charge in [0.1, 0.15) is 18.2 Å². The van der Waals surface area contributed by atoms with Crippen molar-refractivity contribution in [3.05, 3.63) is 35.9 Å². The van der Waals surface area contributed by atoms with Gasteiger partial charge < -0.3 is 45.3 Å². The van der Waals surface area contributed by atoms with Crippen molar-refractivity contribution in [2.75, 3.05) is 13.7 Å². The number of rotatable bonds is 8. The van der Waals surface area contributed by atoms with Crippen LogP contribution in [0, 0.1) is 0 Å². The number of carboxylic acids is 1. The molecule has 11 nitrogen and oxygen atoms in total. The van der Waals surface area contributed by atoms with E-state index in [1.165, 1.54) is 0 Å². The number of benzene rings is 1. The van der Waals surface area contributed by atoms with E-state index in [2.05, 4.69) is 10.6 Å². The van der Waals surface area contributed by atoms with Crippen LogP contribution in [0.3, 0.4) is 0 Å². The lowest BCUT2D eigenvalue weighted by atomic mass is 9.88. The summed E-state index contributed by atoms with van der Waals surface area (Å²) in [6.45, 7) is 0.743. The summed E-state index contributed by atoms with van der Waals surface area (Å²) in [5.41, 5.74) is 0.329. The highest BCUT2D eigenvalue weighted by Gasteiger charge is 2.52. The molecule has 0 spiro atoms. The summed E-state index contributed by atoms with van der Waals surface area (Å²) in [6.07, 6.45) is -7.09. The van der Waals surface area contributed by atoms with Gasteiger partial charge in [-0.15, -0.1) is 0 Å². The third-order valence-electron chi connectivity index (χ3n) is 4.82. The van der Waals surface area contributed by atoms with Gasteiger partial charge in [-0.3, -0.25) is 9.59 Å². The largest absolute Gasteiger partial charge is 0.544 e. The fourth-order valence-corrected chi connectivity index (χ4v) is 3.23. The van der Waals surface area contributed by atoms with E-state index in [9.17, 15) is 34.8 Å². The lowest BCUT2D eigenvalue weighted by Crippen LogP contribution is -2.69. The molecule has 166 valence electrons. The molecule has 11 heteroatoms. The van der Waals surface area contributed by atoms with E-state index in [-0.39, 0.29) is 0 Å². The molecule has 5 N–H and O–H groups in total. The maximum absolute atomic E-state index is 12.1. The topological polar surface area (TPSA) is 177 Å². The van der Waals surface area contributed by atoms with Gasteiger partial charge in [0.25, 0.3) is 5.91 Å². The molecule has 1 aliphatic rings. The molecular weight excluding hydrogens is 400 g/mol. The minimum atomic E-state index is -2.40. The number of hydrogen-bond donors (Lipinski definition) is 5. The number of nitrogens with one attached hydrogen (secondary N) is 2. The van der Waals surface area contributed by atoms with Crippen molar-refractivity contribution in [3.8, 4) is 0 Å². The summed E-state index contributed by atoms with van der Waals surface area (Å²) >= 11 is 0. The van der Waals surface area contributed by atoms with Crippen LogP contribution in [0.5, 0.6) is 0 Å². The van der Waals surface area contributed by atoms with Crippen molar-refractivity contribution < 1.29 is 44.3 Å². The standard InChI is InChI=1S/C19H26N2O9/c1-10(22)21-14-12(23)8-19(29-2,18(27)28)30-16(14)15(25)13(24)9-20-17(26)11-6-4-3-5-7-11/h3-7,12-16,23-25H,8-9H2,1-2H3,(H,20,26)(H,21,22)(H,27,28)/p-1/t12-,13-,14+,15+,16+,19-/m0/s1. The molecule has 0 unspecified atom stereocenters. The third-order valence-corrected chi connectivity index (χ3v) is 4.82. The lowest BCUT2D eigenvalue weighted by Gasteiger charge is -2.48. The molecule has 1 aromatic carbocycles. The van der Waals surface area contributed by atoms with Gasteiger partial charge in [-0.1, -0.05) is 18.2 Å². The van der Waals surface area contributed by atoms with Crippen molar-refractivity contribution in [2.45, 2.75) is 49.6 Å². The summed E-state index contributed by atoms with van der Waals surface area (Å²) in [7, 11) is 1.02. The normalized spacial score (nSPS) is 28.2. The number of aliphatic hydroxyl groups excluding tert-OH is 3. The van der Waals surface area contributed by atoms with Crippen LogP contribution in [0.25, 0.3) is 0 Å². The van der Waals surface area contributed by atoms with Crippen LogP contribution in [0.1, 0.15) is 23.7 Å². The molecule has 0 saturated carbocycles. The van der Waals surface area contributed by atoms with Crippen molar-refractivity contribution >= 4 is 17.8 Å². The molecule has 0 radical (unpaired) electrons. The summed E-state index contributed by atoms with van der Waals surface area (Å²) < 4.78 is 10.2. The molecule has 2 amide bonds. The molecule has 0 aromatic heterocycles. The van der Waals surface area contributed by atoms with Gasteiger partial charge in [-0.2, -0.15) is 0 Å². The van der Waals surface area contributed by atoms with E-state index in [0.717, 1.165) is 14.0 Å². The van der Waals surface area contributed by atoms with Gasteiger partial charge in [0.05, 0.1) is 18.2 Å². The molecule has 1 aromatic rings. The molecule has 1 saturated heterocycles. The number of carboxylic acid groups (broad SMARTS) is 1. The van der Waals surface area contributed by atoms with Crippen LogP contribution < -0.4 is 15.7 Å². The molecule has 1 fully saturated rings.